The molecule has 0 fully saturated rings. The lowest BCUT2D eigenvalue weighted by atomic mass is 10.1. The molecule has 5 nitrogen and oxygen atoms in total. The zero-order valence-corrected chi connectivity index (χ0v) is 9.42. The Morgan fingerprint density at radius 2 is 2.18 bits per heavy atom. The van der Waals surface area contributed by atoms with E-state index in [0.717, 1.165) is 0 Å². The summed E-state index contributed by atoms with van der Waals surface area (Å²) in [4.78, 5) is 23.9. The zero-order chi connectivity index (χ0) is 12.3. The molecule has 0 spiro atoms. The molecule has 0 amide bonds. The molecule has 5 heteroatoms. The number of pyridine rings is 1. The van der Waals surface area contributed by atoms with Gasteiger partial charge in [0.25, 0.3) is 0 Å². The number of anilines is 1. The molecular formula is C12H12N4O. The van der Waals surface area contributed by atoms with Crippen molar-refractivity contribution in [1.29, 1.82) is 0 Å². The second-order valence-electron chi connectivity index (χ2n) is 3.66. The Kier molecular flexibility index (Phi) is 3.09. The monoisotopic (exact) mass is 228 g/mol. The van der Waals surface area contributed by atoms with Crippen LogP contribution in [0.25, 0.3) is 0 Å². The van der Waals surface area contributed by atoms with Crippen LogP contribution in [-0.2, 0) is 6.42 Å². The quantitative estimate of drug-likeness (QED) is 0.798. The van der Waals surface area contributed by atoms with Crippen molar-refractivity contribution >= 4 is 11.5 Å². The number of carbonyl (C=O) groups is 1. The SMILES string of the molecule is Cc1nccc(C(=O)Cc2cnccc2N)n1. The fourth-order valence-electron chi connectivity index (χ4n) is 1.46. The van der Waals surface area contributed by atoms with E-state index in [9.17, 15) is 4.79 Å². The lowest BCUT2D eigenvalue weighted by Gasteiger charge is -2.03. The lowest BCUT2D eigenvalue weighted by molar-refractivity contribution is 0.0988. The molecule has 0 aromatic carbocycles. The summed E-state index contributed by atoms with van der Waals surface area (Å²) in [7, 11) is 0. The van der Waals surface area contributed by atoms with Crippen LogP contribution in [0.3, 0.4) is 0 Å². The van der Waals surface area contributed by atoms with E-state index >= 15 is 0 Å². The summed E-state index contributed by atoms with van der Waals surface area (Å²) in [6.45, 7) is 1.75. The summed E-state index contributed by atoms with van der Waals surface area (Å²) in [5.74, 6) is 0.491. The summed E-state index contributed by atoms with van der Waals surface area (Å²) in [5, 5.41) is 0. The normalized spacial score (nSPS) is 10.2. The molecule has 2 rings (SSSR count). The van der Waals surface area contributed by atoms with Crippen molar-refractivity contribution in [2.45, 2.75) is 13.3 Å². The van der Waals surface area contributed by atoms with Crippen molar-refractivity contribution in [3.05, 3.63) is 47.8 Å². The molecule has 2 aromatic rings. The molecule has 0 aliphatic carbocycles. The van der Waals surface area contributed by atoms with Crippen LogP contribution in [-0.4, -0.2) is 20.7 Å². The molecule has 0 saturated heterocycles. The van der Waals surface area contributed by atoms with Gasteiger partial charge in [-0.2, -0.15) is 0 Å². The third-order valence-electron chi connectivity index (χ3n) is 2.35. The molecule has 0 aliphatic heterocycles. The Balaban J connectivity index is 2.20. The molecule has 17 heavy (non-hydrogen) atoms. The largest absolute Gasteiger partial charge is 0.398 e. The first-order valence-corrected chi connectivity index (χ1v) is 5.18. The highest BCUT2D eigenvalue weighted by atomic mass is 16.1. The maximum atomic E-state index is 11.9. The van der Waals surface area contributed by atoms with Crippen molar-refractivity contribution in [3.63, 3.8) is 0 Å². The third-order valence-corrected chi connectivity index (χ3v) is 2.35. The van der Waals surface area contributed by atoms with Crippen molar-refractivity contribution in [1.82, 2.24) is 15.0 Å². The summed E-state index contributed by atoms with van der Waals surface area (Å²) in [6, 6.07) is 3.27. The Labute approximate surface area is 98.7 Å². The third kappa shape index (κ3) is 2.63. The van der Waals surface area contributed by atoms with E-state index in [1.54, 1.807) is 37.6 Å². The van der Waals surface area contributed by atoms with Crippen LogP contribution >= 0.6 is 0 Å². The highest BCUT2D eigenvalue weighted by Gasteiger charge is 2.10. The molecule has 0 atom stereocenters. The number of aromatic nitrogens is 3. The fourth-order valence-corrected chi connectivity index (χ4v) is 1.46. The van der Waals surface area contributed by atoms with E-state index in [-0.39, 0.29) is 12.2 Å². The number of hydrogen-bond donors (Lipinski definition) is 1. The van der Waals surface area contributed by atoms with Crippen LogP contribution in [0.1, 0.15) is 21.9 Å². The second kappa shape index (κ2) is 4.69. The van der Waals surface area contributed by atoms with Gasteiger partial charge in [-0.15, -0.1) is 0 Å². The molecule has 0 saturated carbocycles. The molecule has 86 valence electrons. The van der Waals surface area contributed by atoms with Gasteiger partial charge in [0.1, 0.15) is 11.5 Å². The number of rotatable bonds is 3. The van der Waals surface area contributed by atoms with Crippen LogP contribution in [0.5, 0.6) is 0 Å². The summed E-state index contributed by atoms with van der Waals surface area (Å²) in [6.07, 6.45) is 4.97. The average Bonchev–Trinajstić information content (AvgIpc) is 2.32. The number of hydrogen-bond acceptors (Lipinski definition) is 5. The van der Waals surface area contributed by atoms with Crippen molar-refractivity contribution in [2.75, 3.05) is 5.73 Å². The van der Waals surface area contributed by atoms with E-state index in [0.29, 0.717) is 22.8 Å². The average molecular weight is 228 g/mol. The van der Waals surface area contributed by atoms with Crippen LogP contribution in [0.4, 0.5) is 5.69 Å². The number of nitrogens with zero attached hydrogens (tertiary/aromatic N) is 3. The molecule has 0 aliphatic rings. The van der Waals surface area contributed by atoms with Crippen LogP contribution in [0, 0.1) is 6.92 Å². The van der Waals surface area contributed by atoms with E-state index in [1.165, 1.54) is 0 Å². The van der Waals surface area contributed by atoms with Gasteiger partial charge in [0.2, 0.25) is 0 Å². The van der Waals surface area contributed by atoms with Gasteiger partial charge in [-0.05, 0) is 19.1 Å². The minimum atomic E-state index is -0.0878. The van der Waals surface area contributed by atoms with Crippen molar-refractivity contribution in [3.8, 4) is 0 Å². The first kappa shape index (κ1) is 11.2. The summed E-state index contributed by atoms with van der Waals surface area (Å²) in [5.41, 5.74) is 7.44. The predicted octanol–water partition coefficient (Wildman–Crippen LogP) is 1.19. The predicted molar refractivity (Wildman–Crippen MR) is 63.5 cm³/mol. The molecule has 2 heterocycles. The van der Waals surface area contributed by atoms with Gasteiger partial charge >= 0.3 is 0 Å². The van der Waals surface area contributed by atoms with Crippen LogP contribution < -0.4 is 5.73 Å². The minimum Gasteiger partial charge on any atom is -0.398 e. The lowest BCUT2D eigenvalue weighted by Crippen LogP contribution is -2.09. The van der Waals surface area contributed by atoms with E-state index in [4.69, 9.17) is 5.73 Å². The maximum Gasteiger partial charge on any atom is 0.185 e. The standard InChI is InChI=1S/C12H12N4O/c1-8-15-5-3-11(16-8)12(17)6-9-7-14-4-2-10(9)13/h2-5,7H,6H2,1H3,(H2,13,14). The van der Waals surface area contributed by atoms with Gasteiger partial charge in [0.05, 0.1) is 0 Å². The number of nitrogen functional groups attached to an aromatic ring is 1. The van der Waals surface area contributed by atoms with E-state index < -0.39 is 0 Å². The fraction of sp³-hybridized carbons (Fsp3) is 0.167. The Morgan fingerprint density at radius 3 is 2.88 bits per heavy atom. The number of nitrogens with two attached hydrogens (primary N) is 1. The number of carbonyl (C=O) groups excluding carboxylic acids is 1. The van der Waals surface area contributed by atoms with Crippen molar-refractivity contribution < 1.29 is 4.79 Å². The topological polar surface area (TPSA) is 81.8 Å². The van der Waals surface area contributed by atoms with Gasteiger partial charge in [0.15, 0.2) is 5.78 Å². The van der Waals surface area contributed by atoms with Gasteiger partial charge in [0, 0.05) is 36.3 Å². The number of Topliss-reactive ketones (excluding diaryl/α,β-unsaturated/α-hetero) is 1. The Morgan fingerprint density at radius 1 is 1.35 bits per heavy atom. The molecular weight excluding hydrogens is 216 g/mol. The molecule has 2 aromatic heterocycles. The first-order chi connectivity index (χ1) is 8.16. The number of aryl methyl sites for hydroxylation is 1. The highest BCUT2D eigenvalue weighted by molar-refractivity contribution is 5.96. The zero-order valence-electron chi connectivity index (χ0n) is 9.42. The summed E-state index contributed by atoms with van der Waals surface area (Å²) < 4.78 is 0. The first-order valence-electron chi connectivity index (χ1n) is 5.18. The van der Waals surface area contributed by atoms with Gasteiger partial charge < -0.3 is 5.73 Å². The van der Waals surface area contributed by atoms with Crippen LogP contribution in [0.2, 0.25) is 0 Å². The second-order valence-corrected chi connectivity index (χ2v) is 3.66. The van der Waals surface area contributed by atoms with E-state index in [1.807, 2.05) is 0 Å². The summed E-state index contributed by atoms with van der Waals surface area (Å²) >= 11 is 0. The number of ketones is 1. The Bertz CT molecular complexity index is 554. The van der Waals surface area contributed by atoms with Gasteiger partial charge in [-0.3, -0.25) is 9.78 Å². The van der Waals surface area contributed by atoms with E-state index in [2.05, 4.69) is 15.0 Å². The maximum absolute atomic E-state index is 11.9. The molecule has 2 N–H and O–H groups in total. The Hall–Kier alpha value is -2.30. The smallest absolute Gasteiger partial charge is 0.185 e. The molecule has 0 bridgehead atoms. The van der Waals surface area contributed by atoms with Crippen LogP contribution in [0.15, 0.2) is 30.7 Å². The van der Waals surface area contributed by atoms with Crippen molar-refractivity contribution in [2.24, 2.45) is 0 Å². The highest BCUT2D eigenvalue weighted by Crippen LogP contribution is 2.11. The minimum absolute atomic E-state index is 0.0878. The van der Waals surface area contributed by atoms with Gasteiger partial charge in [-0.25, -0.2) is 9.97 Å². The van der Waals surface area contributed by atoms with Gasteiger partial charge in [-0.1, -0.05) is 0 Å². The molecule has 0 unspecified atom stereocenters. The molecule has 0 radical (unpaired) electrons.